The first kappa shape index (κ1) is 23.7. The molecule has 0 bridgehead atoms. The second-order valence-corrected chi connectivity index (χ2v) is 7.89. The molecule has 0 unspecified atom stereocenters. The maximum absolute atomic E-state index is 6.45. The van der Waals surface area contributed by atoms with E-state index in [4.69, 9.17) is 28.7 Å². The largest absolute Gasteiger partial charge is 0.482 e. The summed E-state index contributed by atoms with van der Waals surface area (Å²) in [5.41, 5.74) is 6.57. The van der Waals surface area contributed by atoms with Gasteiger partial charge >= 0.3 is 0 Å². The molecule has 6 nitrogen and oxygen atoms in total. The van der Waals surface area contributed by atoms with Crippen LogP contribution < -0.4 is 4.74 Å². The number of aryl methyl sites for hydroxylation is 1. The highest BCUT2D eigenvalue weighted by Gasteiger charge is 2.41. The highest BCUT2D eigenvalue weighted by molar-refractivity contribution is 5.75. The molecule has 0 radical (unpaired) electrons. The molecule has 0 fully saturated rings. The first-order valence-corrected chi connectivity index (χ1v) is 10.8. The van der Waals surface area contributed by atoms with E-state index in [1.165, 1.54) is 22.3 Å². The van der Waals surface area contributed by atoms with Crippen molar-refractivity contribution in [1.82, 2.24) is 0 Å². The summed E-state index contributed by atoms with van der Waals surface area (Å²) in [6.07, 6.45) is 0.773. The molecule has 6 heteroatoms. The molecule has 0 spiro atoms. The minimum Gasteiger partial charge on any atom is -0.482 e. The molecule has 0 N–H and O–H groups in total. The van der Waals surface area contributed by atoms with Crippen molar-refractivity contribution in [2.24, 2.45) is 0 Å². The molecule has 0 saturated carbocycles. The number of ether oxygens (including phenoxy) is 4. The van der Waals surface area contributed by atoms with Gasteiger partial charge in [-0.2, -0.15) is 0 Å². The quantitative estimate of drug-likeness (QED) is 0.209. The van der Waals surface area contributed by atoms with Crippen LogP contribution in [0.25, 0.3) is 11.1 Å². The molecule has 0 aromatic heterocycles. The van der Waals surface area contributed by atoms with Gasteiger partial charge in [0.05, 0.1) is 13.2 Å². The Morgan fingerprint density at radius 3 is 2.42 bits per heavy atom. The number of rotatable bonds is 12. The minimum absolute atomic E-state index is 0.105. The van der Waals surface area contributed by atoms with Crippen molar-refractivity contribution in [3.63, 3.8) is 0 Å². The predicted molar refractivity (Wildman–Crippen MR) is 119 cm³/mol. The first-order valence-electron chi connectivity index (χ1n) is 10.8. The fourth-order valence-electron chi connectivity index (χ4n) is 4.12. The number of hydrogen-bond donors (Lipinski definition) is 0. The zero-order valence-corrected chi connectivity index (χ0v) is 19.3. The molecule has 1 heterocycles. The Morgan fingerprint density at radius 2 is 1.74 bits per heavy atom. The van der Waals surface area contributed by atoms with Gasteiger partial charge in [-0.05, 0) is 67.6 Å². The van der Waals surface area contributed by atoms with E-state index >= 15 is 0 Å². The van der Waals surface area contributed by atoms with Crippen LogP contribution in [0.3, 0.4) is 0 Å². The van der Waals surface area contributed by atoms with E-state index in [9.17, 15) is 0 Å². The minimum atomic E-state index is -0.474. The molecule has 1 aliphatic rings. The monoisotopic (exact) mass is 430 g/mol. The average Bonchev–Trinajstić information content (AvgIpc) is 3.13. The zero-order valence-electron chi connectivity index (χ0n) is 19.3. The molecule has 2 aromatic rings. The lowest BCUT2D eigenvalue weighted by Gasteiger charge is -2.28. The highest BCUT2D eigenvalue weighted by atomic mass is 17.2. The van der Waals surface area contributed by atoms with E-state index in [-0.39, 0.29) is 6.79 Å². The molecule has 0 atom stereocenters. The Bertz CT molecular complexity index is 855. The summed E-state index contributed by atoms with van der Waals surface area (Å²) in [6.45, 7) is 11.1. The standard InChI is InChI=1S/C25H34O6/c1-6-27-15-25(16-28-7-2)13-22-19(4)24(18(3)11-23(22)31-25)21-10-8-9-20(12-21)14-29-30-17-26-5/h8-12H,6-7,13-17H2,1-5H3. The summed E-state index contributed by atoms with van der Waals surface area (Å²) in [6, 6.07) is 10.5. The van der Waals surface area contributed by atoms with Crippen LogP contribution in [0.15, 0.2) is 30.3 Å². The van der Waals surface area contributed by atoms with E-state index in [1.54, 1.807) is 7.11 Å². The molecule has 0 amide bonds. The Morgan fingerprint density at radius 1 is 1.00 bits per heavy atom. The predicted octanol–water partition coefficient (Wildman–Crippen LogP) is 4.77. The van der Waals surface area contributed by atoms with Crippen LogP contribution in [-0.4, -0.2) is 45.9 Å². The Hall–Kier alpha value is -1.96. The lowest BCUT2D eigenvalue weighted by molar-refractivity contribution is -0.340. The number of fused-ring (bicyclic) bond motifs is 1. The van der Waals surface area contributed by atoms with Crippen LogP contribution >= 0.6 is 0 Å². The van der Waals surface area contributed by atoms with Gasteiger partial charge < -0.3 is 18.9 Å². The van der Waals surface area contributed by atoms with Gasteiger partial charge in [-0.3, -0.25) is 0 Å². The Labute approximate surface area is 185 Å². The summed E-state index contributed by atoms with van der Waals surface area (Å²) in [5.74, 6) is 0.936. The maximum atomic E-state index is 6.45. The van der Waals surface area contributed by atoms with Crippen molar-refractivity contribution in [1.29, 1.82) is 0 Å². The smallest absolute Gasteiger partial charge is 0.180 e. The Balaban J connectivity index is 1.88. The second kappa shape index (κ2) is 11.1. The molecule has 170 valence electrons. The van der Waals surface area contributed by atoms with Gasteiger partial charge in [0.1, 0.15) is 12.4 Å². The van der Waals surface area contributed by atoms with Crippen molar-refractivity contribution in [3.8, 4) is 16.9 Å². The number of benzene rings is 2. The van der Waals surface area contributed by atoms with Gasteiger partial charge in [-0.1, -0.05) is 18.2 Å². The fraction of sp³-hybridized carbons (Fsp3) is 0.520. The summed E-state index contributed by atoms with van der Waals surface area (Å²) < 4.78 is 22.8. The van der Waals surface area contributed by atoms with Crippen molar-refractivity contribution >= 4 is 0 Å². The van der Waals surface area contributed by atoms with E-state index in [2.05, 4.69) is 32.0 Å². The van der Waals surface area contributed by atoms with Crippen LogP contribution in [0, 0.1) is 13.8 Å². The van der Waals surface area contributed by atoms with Gasteiger partial charge in [0.2, 0.25) is 0 Å². The fourth-order valence-corrected chi connectivity index (χ4v) is 4.12. The van der Waals surface area contributed by atoms with Crippen molar-refractivity contribution in [2.75, 3.05) is 40.3 Å². The van der Waals surface area contributed by atoms with Crippen molar-refractivity contribution in [2.45, 2.75) is 46.3 Å². The second-order valence-electron chi connectivity index (χ2n) is 7.89. The normalized spacial score (nSPS) is 14.5. The van der Waals surface area contributed by atoms with Gasteiger partial charge in [0.25, 0.3) is 0 Å². The summed E-state index contributed by atoms with van der Waals surface area (Å²) >= 11 is 0. The lowest BCUT2D eigenvalue weighted by atomic mass is 9.88. The molecule has 1 aliphatic heterocycles. The summed E-state index contributed by atoms with van der Waals surface area (Å²) in [5, 5.41) is 0. The SMILES string of the molecule is CCOCC1(COCC)Cc2c(cc(C)c(-c3cccc(COOCOC)c3)c2C)O1. The van der Waals surface area contributed by atoms with Crippen LogP contribution in [0.2, 0.25) is 0 Å². The van der Waals surface area contributed by atoms with E-state index in [0.717, 1.165) is 23.3 Å². The van der Waals surface area contributed by atoms with E-state index < -0.39 is 5.60 Å². The van der Waals surface area contributed by atoms with Crippen LogP contribution in [0.5, 0.6) is 5.75 Å². The zero-order chi connectivity index (χ0) is 22.3. The van der Waals surface area contributed by atoms with Gasteiger partial charge in [-0.15, -0.1) is 0 Å². The summed E-state index contributed by atoms with van der Waals surface area (Å²) in [4.78, 5) is 10.2. The third-order valence-electron chi connectivity index (χ3n) is 5.52. The molecular formula is C25H34O6. The van der Waals surface area contributed by atoms with Crippen LogP contribution in [0.1, 0.15) is 36.1 Å². The molecule has 2 aromatic carbocycles. The van der Waals surface area contributed by atoms with Crippen LogP contribution in [-0.2, 0) is 37.0 Å². The molecule has 0 aliphatic carbocycles. The van der Waals surface area contributed by atoms with Crippen molar-refractivity contribution in [3.05, 3.63) is 52.6 Å². The topological polar surface area (TPSA) is 55.4 Å². The van der Waals surface area contributed by atoms with Crippen LogP contribution in [0.4, 0.5) is 0 Å². The lowest BCUT2D eigenvalue weighted by Crippen LogP contribution is -2.44. The molecule has 3 rings (SSSR count). The average molecular weight is 431 g/mol. The van der Waals surface area contributed by atoms with Gasteiger partial charge in [0.15, 0.2) is 12.4 Å². The third-order valence-corrected chi connectivity index (χ3v) is 5.52. The number of hydrogen-bond acceptors (Lipinski definition) is 6. The number of methoxy groups -OCH3 is 1. The highest BCUT2D eigenvalue weighted by Crippen LogP contribution is 2.43. The molecular weight excluding hydrogens is 396 g/mol. The first-order chi connectivity index (χ1) is 15.0. The van der Waals surface area contributed by atoms with E-state index in [0.29, 0.717) is 33.0 Å². The van der Waals surface area contributed by atoms with Crippen molar-refractivity contribution < 1.29 is 28.7 Å². The van der Waals surface area contributed by atoms with Gasteiger partial charge in [-0.25, -0.2) is 9.78 Å². The molecule has 0 saturated heterocycles. The third kappa shape index (κ3) is 5.64. The molecule has 31 heavy (non-hydrogen) atoms. The van der Waals surface area contributed by atoms with Gasteiger partial charge in [0, 0.05) is 32.3 Å². The maximum Gasteiger partial charge on any atom is 0.180 e. The Kier molecular flexibility index (Phi) is 8.46. The van der Waals surface area contributed by atoms with E-state index in [1.807, 2.05) is 26.0 Å². The summed E-state index contributed by atoms with van der Waals surface area (Å²) in [7, 11) is 1.56.